The highest BCUT2D eigenvalue weighted by Crippen LogP contribution is 2.23. The van der Waals surface area contributed by atoms with Gasteiger partial charge in [0.05, 0.1) is 25.1 Å². The molecule has 0 unspecified atom stereocenters. The summed E-state index contributed by atoms with van der Waals surface area (Å²) in [4.78, 5) is 30.2. The van der Waals surface area contributed by atoms with Crippen LogP contribution in [0, 0.1) is 0 Å². The van der Waals surface area contributed by atoms with E-state index in [-0.39, 0.29) is 5.91 Å². The van der Waals surface area contributed by atoms with Crippen LogP contribution >= 0.6 is 0 Å². The van der Waals surface area contributed by atoms with Crippen molar-refractivity contribution in [2.45, 2.75) is 0 Å². The summed E-state index contributed by atoms with van der Waals surface area (Å²) in [5.41, 5.74) is 7.13. The molecule has 2 amide bonds. The highest BCUT2D eigenvalue weighted by Gasteiger charge is 2.12. The molecule has 0 radical (unpaired) electrons. The molecule has 1 aliphatic rings. The first-order valence-electron chi connectivity index (χ1n) is 9.86. The molecule has 31 heavy (non-hydrogen) atoms. The van der Waals surface area contributed by atoms with Crippen LogP contribution < -0.4 is 20.7 Å². The Labute approximate surface area is 179 Å². The Morgan fingerprint density at radius 1 is 0.903 bits per heavy atom. The van der Waals surface area contributed by atoms with Crippen LogP contribution in [-0.2, 0) is 4.74 Å². The van der Waals surface area contributed by atoms with E-state index >= 15 is 0 Å². The lowest BCUT2D eigenvalue weighted by Crippen LogP contribution is -2.36. The monoisotopic (exact) mass is 418 g/mol. The first-order valence-corrected chi connectivity index (χ1v) is 9.86. The quantitative estimate of drug-likeness (QED) is 0.637. The third-order valence-electron chi connectivity index (χ3n) is 4.86. The number of aromatic nitrogens is 1. The number of ether oxygens (including phenoxy) is 2. The molecule has 2 aromatic carbocycles. The second kappa shape index (κ2) is 9.27. The van der Waals surface area contributed by atoms with Crippen LogP contribution in [0.5, 0.6) is 11.5 Å². The highest BCUT2D eigenvalue weighted by atomic mass is 16.5. The van der Waals surface area contributed by atoms with Crippen molar-refractivity contribution in [1.29, 1.82) is 0 Å². The molecule has 1 fully saturated rings. The Bertz CT molecular complexity index is 1040. The van der Waals surface area contributed by atoms with Gasteiger partial charge in [0.2, 0.25) is 5.91 Å². The number of benzene rings is 2. The summed E-state index contributed by atoms with van der Waals surface area (Å²) in [6, 6.07) is 17.0. The Morgan fingerprint density at radius 2 is 1.52 bits per heavy atom. The Kier molecular flexibility index (Phi) is 6.09. The van der Waals surface area contributed by atoms with Crippen molar-refractivity contribution in [2.24, 2.45) is 5.73 Å². The molecule has 2 heterocycles. The molecule has 4 rings (SSSR count). The molecule has 158 valence electrons. The number of morpholine rings is 1. The minimum absolute atomic E-state index is 0.260. The van der Waals surface area contributed by atoms with Gasteiger partial charge in [0.1, 0.15) is 17.3 Å². The van der Waals surface area contributed by atoms with E-state index in [2.05, 4.69) is 15.2 Å². The first kappa shape index (κ1) is 20.4. The van der Waals surface area contributed by atoms with Crippen LogP contribution in [0.2, 0.25) is 0 Å². The number of pyridine rings is 1. The summed E-state index contributed by atoms with van der Waals surface area (Å²) >= 11 is 0. The Hall–Kier alpha value is -3.91. The number of amides is 2. The van der Waals surface area contributed by atoms with Crippen LogP contribution in [0.1, 0.15) is 20.7 Å². The standard InChI is InChI=1S/C23H22N4O4/c24-22(28)16-1-6-19(7-2-16)31-20-8-3-17(4-9-20)23(29)26-21-10-5-18(15-25-21)27-11-13-30-14-12-27/h1-10,15H,11-14H2,(H2,24,28)(H,25,26,29). The molecule has 0 spiro atoms. The molecule has 1 aromatic heterocycles. The fraction of sp³-hybridized carbons (Fsp3) is 0.174. The number of primary amides is 1. The third-order valence-corrected chi connectivity index (χ3v) is 4.86. The zero-order valence-electron chi connectivity index (χ0n) is 16.8. The second-order valence-electron chi connectivity index (χ2n) is 6.97. The number of rotatable bonds is 6. The van der Waals surface area contributed by atoms with Crippen LogP contribution in [0.25, 0.3) is 0 Å². The number of hydrogen-bond donors (Lipinski definition) is 2. The lowest BCUT2D eigenvalue weighted by Gasteiger charge is -2.28. The van der Waals surface area contributed by atoms with E-state index in [9.17, 15) is 9.59 Å². The molecule has 8 heteroatoms. The van der Waals surface area contributed by atoms with Crippen molar-refractivity contribution in [3.63, 3.8) is 0 Å². The van der Waals surface area contributed by atoms with Gasteiger partial charge in [-0.05, 0) is 60.7 Å². The van der Waals surface area contributed by atoms with Crippen molar-refractivity contribution in [3.8, 4) is 11.5 Å². The smallest absolute Gasteiger partial charge is 0.256 e. The van der Waals surface area contributed by atoms with Gasteiger partial charge in [0.15, 0.2) is 0 Å². The van der Waals surface area contributed by atoms with Crippen LogP contribution in [0.4, 0.5) is 11.5 Å². The van der Waals surface area contributed by atoms with E-state index in [0.717, 1.165) is 18.8 Å². The van der Waals surface area contributed by atoms with Gasteiger partial charge in [-0.1, -0.05) is 0 Å². The molecule has 0 saturated carbocycles. The molecule has 0 atom stereocenters. The number of hydrogen-bond acceptors (Lipinski definition) is 6. The number of carbonyl (C=O) groups excluding carboxylic acids is 2. The molecular weight excluding hydrogens is 396 g/mol. The topological polar surface area (TPSA) is 107 Å². The summed E-state index contributed by atoms with van der Waals surface area (Å²) < 4.78 is 11.1. The van der Waals surface area contributed by atoms with Crippen molar-refractivity contribution in [2.75, 3.05) is 36.5 Å². The summed E-state index contributed by atoms with van der Waals surface area (Å²) in [6.45, 7) is 3.07. The lowest BCUT2D eigenvalue weighted by atomic mass is 10.2. The molecule has 3 aromatic rings. The fourth-order valence-corrected chi connectivity index (χ4v) is 3.15. The maximum absolute atomic E-state index is 12.5. The second-order valence-corrected chi connectivity index (χ2v) is 6.97. The van der Waals surface area contributed by atoms with Gasteiger partial charge in [-0.2, -0.15) is 0 Å². The van der Waals surface area contributed by atoms with Gasteiger partial charge in [-0.25, -0.2) is 4.98 Å². The van der Waals surface area contributed by atoms with Crippen molar-refractivity contribution >= 4 is 23.3 Å². The average Bonchev–Trinajstić information content (AvgIpc) is 2.81. The average molecular weight is 418 g/mol. The van der Waals surface area contributed by atoms with Crippen LogP contribution in [-0.4, -0.2) is 43.1 Å². The van der Waals surface area contributed by atoms with Gasteiger partial charge < -0.3 is 25.4 Å². The maximum Gasteiger partial charge on any atom is 0.256 e. The summed E-state index contributed by atoms with van der Waals surface area (Å²) in [6.07, 6.45) is 1.75. The zero-order chi connectivity index (χ0) is 21.6. The van der Waals surface area contributed by atoms with E-state index in [1.54, 1.807) is 60.8 Å². The third kappa shape index (κ3) is 5.18. The largest absolute Gasteiger partial charge is 0.457 e. The first-order chi connectivity index (χ1) is 15.1. The molecule has 3 N–H and O–H groups in total. The molecule has 0 bridgehead atoms. The summed E-state index contributed by atoms with van der Waals surface area (Å²) in [5.74, 6) is 0.858. The van der Waals surface area contributed by atoms with Crippen LogP contribution in [0.15, 0.2) is 66.9 Å². The minimum Gasteiger partial charge on any atom is -0.457 e. The van der Waals surface area contributed by atoms with Crippen molar-refractivity contribution in [1.82, 2.24) is 4.98 Å². The van der Waals surface area contributed by atoms with E-state index in [1.165, 1.54) is 0 Å². The molecule has 1 saturated heterocycles. The number of nitrogens with two attached hydrogens (primary N) is 1. The Morgan fingerprint density at radius 3 is 2.06 bits per heavy atom. The Balaban J connectivity index is 1.35. The van der Waals surface area contributed by atoms with Gasteiger partial charge in [-0.15, -0.1) is 0 Å². The normalized spacial score (nSPS) is 13.5. The summed E-state index contributed by atoms with van der Waals surface area (Å²) in [5, 5.41) is 2.80. The van der Waals surface area contributed by atoms with E-state index in [4.69, 9.17) is 15.2 Å². The lowest BCUT2D eigenvalue weighted by molar-refractivity contribution is 0.0997. The van der Waals surface area contributed by atoms with Gasteiger partial charge >= 0.3 is 0 Å². The fourth-order valence-electron chi connectivity index (χ4n) is 3.15. The van der Waals surface area contributed by atoms with E-state index in [0.29, 0.717) is 41.7 Å². The maximum atomic E-state index is 12.5. The molecular formula is C23H22N4O4. The molecule has 1 aliphatic heterocycles. The van der Waals surface area contributed by atoms with Gasteiger partial charge in [0.25, 0.3) is 5.91 Å². The van der Waals surface area contributed by atoms with E-state index in [1.807, 2.05) is 6.07 Å². The SMILES string of the molecule is NC(=O)c1ccc(Oc2ccc(C(=O)Nc3ccc(N4CCOCC4)cn3)cc2)cc1. The van der Waals surface area contributed by atoms with Gasteiger partial charge in [0, 0.05) is 24.2 Å². The number of carbonyl (C=O) groups is 2. The number of nitrogens with zero attached hydrogens (tertiary/aromatic N) is 2. The van der Waals surface area contributed by atoms with Crippen molar-refractivity contribution in [3.05, 3.63) is 78.0 Å². The van der Waals surface area contributed by atoms with Gasteiger partial charge in [-0.3, -0.25) is 9.59 Å². The number of anilines is 2. The minimum atomic E-state index is -0.493. The van der Waals surface area contributed by atoms with Crippen molar-refractivity contribution < 1.29 is 19.1 Å². The highest BCUT2D eigenvalue weighted by molar-refractivity contribution is 6.03. The summed E-state index contributed by atoms with van der Waals surface area (Å²) in [7, 11) is 0. The number of nitrogens with one attached hydrogen (secondary N) is 1. The molecule has 8 nitrogen and oxygen atoms in total. The predicted molar refractivity (Wildman–Crippen MR) is 117 cm³/mol. The van der Waals surface area contributed by atoms with Crippen LogP contribution in [0.3, 0.4) is 0 Å². The molecule has 0 aliphatic carbocycles. The van der Waals surface area contributed by atoms with E-state index < -0.39 is 5.91 Å². The zero-order valence-corrected chi connectivity index (χ0v) is 16.8. The predicted octanol–water partition coefficient (Wildman–Crippen LogP) is 3.06.